The van der Waals surface area contributed by atoms with Gasteiger partial charge in [-0.1, -0.05) is 11.6 Å². The predicted molar refractivity (Wildman–Crippen MR) is 77.0 cm³/mol. The van der Waals surface area contributed by atoms with E-state index in [1.807, 2.05) is 0 Å². The van der Waals surface area contributed by atoms with E-state index in [0.717, 1.165) is 18.9 Å². The highest BCUT2D eigenvalue weighted by atomic mass is 16.5. The first-order valence-corrected chi connectivity index (χ1v) is 6.90. The molecule has 4 nitrogen and oxygen atoms in total. The molecule has 18 heavy (non-hydrogen) atoms. The summed E-state index contributed by atoms with van der Waals surface area (Å²) in [5.74, 6) is 0.857. The second kappa shape index (κ2) is 8.97. The number of hydrogen-bond donors (Lipinski definition) is 2. The number of hydrogen-bond acceptors (Lipinski definition) is 2. The Bertz CT molecular complexity index is 287. The van der Waals surface area contributed by atoms with Gasteiger partial charge >= 0.3 is 0 Å². The topological polar surface area (TPSA) is 45.7 Å². The average molecular weight is 253 g/mol. The molecule has 0 aromatic carbocycles. The lowest BCUT2D eigenvalue weighted by molar-refractivity contribution is 0.179. The van der Waals surface area contributed by atoms with Crippen LogP contribution >= 0.6 is 0 Å². The van der Waals surface area contributed by atoms with Gasteiger partial charge < -0.3 is 15.4 Å². The molecule has 2 N–H and O–H groups in total. The predicted octanol–water partition coefficient (Wildman–Crippen LogP) is 2.08. The summed E-state index contributed by atoms with van der Waals surface area (Å²) in [6.07, 6.45) is 8.76. The van der Waals surface area contributed by atoms with E-state index in [0.29, 0.717) is 6.61 Å². The van der Waals surface area contributed by atoms with Crippen molar-refractivity contribution in [1.82, 2.24) is 10.6 Å². The fraction of sp³-hybridized carbons (Fsp3) is 0.786. The van der Waals surface area contributed by atoms with Crippen molar-refractivity contribution in [2.45, 2.75) is 45.1 Å². The Morgan fingerprint density at radius 3 is 2.94 bits per heavy atom. The quantitative estimate of drug-likeness (QED) is 0.433. The number of ether oxygens (including phenoxy) is 1. The van der Waals surface area contributed by atoms with Crippen LogP contribution < -0.4 is 10.6 Å². The molecule has 0 bridgehead atoms. The Balaban J connectivity index is 2.21. The molecule has 1 aliphatic carbocycles. The van der Waals surface area contributed by atoms with Gasteiger partial charge in [0.15, 0.2) is 5.96 Å². The molecular weight excluding hydrogens is 226 g/mol. The van der Waals surface area contributed by atoms with E-state index >= 15 is 0 Å². The van der Waals surface area contributed by atoms with Crippen LogP contribution in [0.15, 0.2) is 16.6 Å². The van der Waals surface area contributed by atoms with Crippen LogP contribution in [-0.4, -0.2) is 39.3 Å². The van der Waals surface area contributed by atoms with Crippen molar-refractivity contribution in [3.63, 3.8) is 0 Å². The molecule has 0 amide bonds. The van der Waals surface area contributed by atoms with Gasteiger partial charge in [-0.2, -0.15) is 0 Å². The molecule has 0 heterocycles. The van der Waals surface area contributed by atoms with E-state index in [1.54, 1.807) is 19.7 Å². The molecule has 1 aliphatic rings. The molecule has 0 saturated carbocycles. The summed E-state index contributed by atoms with van der Waals surface area (Å²) in [7, 11) is 3.51. The summed E-state index contributed by atoms with van der Waals surface area (Å²) in [4.78, 5) is 4.21. The monoisotopic (exact) mass is 253 g/mol. The number of methoxy groups -OCH3 is 1. The number of allylic oxidation sites excluding steroid dienone is 1. The smallest absolute Gasteiger partial charge is 0.191 e. The van der Waals surface area contributed by atoms with Crippen LogP contribution in [0.2, 0.25) is 0 Å². The lowest BCUT2D eigenvalue weighted by Crippen LogP contribution is -2.44. The van der Waals surface area contributed by atoms with Crippen LogP contribution in [0.4, 0.5) is 0 Å². The van der Waals surface area contributed by atoms with Crippen LogP contribution in [0, 0.1) is 0 Å². The molecule has 1 unspecified atom stereocenters. The zero-order chi connectivity index (χ0) is 13.2. The zero-order valence-corrected chi connectivity index (χ0v) is 12.0. The maximum Gasteiger partial charge on any atom is 0.191 e. The molecule has 1 rings (SSSR count). The van der Waals surface area contributed by atoms with Crippen LogP contribution in [0.5, 0.6) is 0 Å². The SMILES string of the molecule is CN=C(NCCC1=CCCCC1)NC(C)COC. The average Bonchev–Trinajstić information content (AvgIpc) is 2.39. The molecule has 0 spiro atoms. The molecule has 4 heteroatoms. The van der Waals surface area contributed by atoms with Gasteiger partial charge in [-0.3, -0.25) is 4.99 Å². The minimum Gasteiger partial charge on any atom is -0.383 e. The van der Waals surface area contributed by atoms with Crippen molar-refractivity contribution in [1.29, 1.82) is 0 Å². The zero-order valence-electron chi connectivity index (χ0n) is 12.0. The highest BCUT2D eigenvalue weighted by Crippen LogP contribution is 2.19. The van der Waals surface area contributed by atoms with Crippen molar-refractivity contribution in [3.05, 3.63) is 11.6 Å². The largest absolute Gasteiger partial charge is 0.383 e. The molecule has 0 fully saturated rings. The van der Waals surface area contributed by atoms with Gasteiger partial charge in [-0.25, -0.2) is 0 Å². The molecular formula is C14H27N3O. The highest BCUT2D eigenvalue weighted by Gasteiger charge is 2.06. The van der Waals surface area contributed by atoms with E-state index in [2.05, 4.69) is 28.6 Å². The Labute approximate surface area is 111 Å². The van der Waals surface area contributed by atoms with Gasteiger partial charge in [0.2, 0.25) is 0 Å². The minimum atomic E-state index is 0.273. The van der Waals surface area contributed by atoms with Crippen molar-refractivity contribution >= 4 is 5.96 Å². The first kappa shape index (κ1) is 15.0. The number of nitrogens with one attached hydrogen (secondary N) is 2. The lowest BCUT2D eigenvalue weighted by Gasteiger charge is -2.18. The maximum atomic E-state index is 5.09. The highest BCUT2D eigenvalue weighted by molar-refractivity contribution is 5.79. The number of aliphatic imine (C=N–C) groups is 1. The van der Waals surface area contributed by atoms with Crippen molar-refractivity contribution in [2.75, 3.05) is 27.3 Å². The summed E-state index contributed by atoms with van der Waals surface area (Å²) in [6.45, 7) is 3.72. The molecule has 0 radical (unpaired) electrons. The van der Waals surface area contributed by atoms with Gasteiger partial charge in [0.25, 0.3) is 0 Å². The van der Waals surface area contributed by atoms with Crippen LogP contribution in [0.3, 0.4) is 0 Å². The van der Waals surface area contributed by atoms with E-state index in [-0.39, 0.29) is 6.04 Å². The summed E-state index contributed by atoms with van der Waals surface area (Å²) >= 11 is 0. The fourth-order valence-electron chi connectivity index (χ4n) is 2.19. The molecule has 1 atom stereocenters. The van der Waals surface area contributed by atoms with E-state index < -0.39 is 0 Å². The van der Waals surface area contributed by atoms with Crippen molar-refractivity contribution in [2.24, 2.45) is 4.99 Å². The van der Waals surface area contributed by atoms with E-state index in [4.69, 9.17) is 4.74 Å². The normalized spacial score (nSPS) is 18.2. The summed E-state index contributed by atoms with van der Waals surface area (Å²) < 4.78 is 5.09. The molecule has 0 saturated heterocycles. The van der Waals surface area contributed by atoms with Crippen molar-refractivity contribution < 1.29 is 4.74 Å². The molecule has 0 aliphatic heterocycles. The van der Waals surface area contributed by atoms with Gasteiger partial charge in [0.1, 0.15) is 0 Å². The Morgan fingerprint density at radius 2 is 2.33 bits per heavy atom. The van der Waals surface area contributed by atoms with Crippen LogP contribution in [-0.2, 0) is 4.74 Å². The third kappa shape index (κ3) is 6.05. The summed E-state index contributed by atoms with van der Waals surface area (Å²) in [6, 6.07) is 0.273. The minimum absolute atomic E-state index is 0.273. The third-order valence-electron chi connectivity index (χ3n) is 3.15. The summed E-state index contributed by atoms with van der Waals surface area (Å²) in [5.41, 5.74) is 1.59. The molecule has 0 aromatic heterocycles. The Hall–Kier alpha value is -1.03. The fourth-order valence-corrected chi connectivity index (χ4v) is 2.19. The van der Waals surface area contributed by atoms with Gasteiger partial charge in [0, 0.05) is 26.7 Å². The third-order valence-corrected chi connectivity index (χ3v) is 3.15. The second-order valence-corrected chi connectivity index (χ2v) is 4.86. The first-order chi connectivity index (χ1) is 8.76. The van der Waals surface area contributed by atoms with Crippen LogP contribution in [0.1, 0.15) is 39.0 Å². The van der Waals surface area contributed by atoms with Gasteiger partial charge in [0.05, 0.1) is 6.61 Å². The Kier molecular flexibility index (Phi) is 7.49. The second-order valence-electron chi connectivity index (χ2n) is 4.86. The standard InChI is InChI=1S/C14H27N3O/c1-12(11-18-3)17-14(15-2)16-10-9-13-7-5-4-6-8-13/h7,12H,4-6,8-11H2,1-3H3,(H2,15,16,17). The number of nitrogens with zero attached hydrogens (tertiary/aromatic N) is 1. The number of guanidine groups is 1. The van der Waals surface area contributed by atoms with E-state index in [9.17, 15) is 0 Å². The molecule has 104 valence electrons. The first-order valence-electron chi connectivity index (χ1n) is 6.90. The van der Waals surface area contributed by atoms with Gasteiger partial charge in [-0.15, -0.1) is 0 Å². The lowest BCUT2D eigenvalue weighted by atomic mass is 9.97. The summed E-state index contributed by atoms with van der Waals surface area (Å²) in [5, 5.41) is 6.65. The van der Waals surface area contributed by atoms with Crippen LogP contribution in [0.25, 0.3) is 0 Å². The number of rotatable bonds is 6. The van der Waals surface area contributed by atoms with E-state index in [1.165, 1.54) is 25.7 Å². The Morgan fingerprint density at radius 1 is 1.50 bits per heavy atom. The maximum absolute atomic E-state index is 5.09. The molecule has 0 aromatic rings. The van der Waals surface area contributed by atoms with Crippen molar-refractivity contribution in [3.8, 4) is 0 Å². The van der Waals surface area contributed by atoms with Gasteiger partial charge in [-0.05, 0) is 39.0 Å².